The minimum atomic E-state index is -0.247. The lowest BCUT2D eigenvalue weighted by atomic mass is 9.90. The Kier molecular flexibility index (Phi) is 5.50. The van der Waals surface area contributed by atoms with Gasteiger partial charge in [-0.2, -0.15) is 5.26 Å². The second kappa shape index (κ2) is 6.66. The molecule has 0 heterocycles. The van der Waals surface area contributed by atoms with E-state index < -0.39 is 0 Å². The van der Waals surface area contributed by atoms with Crippen LogP contribution in [0.2, 0.25) is 0 Å². The zero-order valence-electron chi connectivity index (χ0n) is 10.4. The number of hydrogen-bond acceptors (Lipinski definition) is 2. The van der Waals surface area contributed by atoms with Gasteiger partial charge in [0.15, 0.2) is 0 Å². The van der Waals surface area contributed by atoms with Crippen LogP contribution < -0.4 is 4.74 Å². The number of ether oxygens (including phenoxy) is 1. The number of alkyl halides is 1. The summed E-state index contributed by atoms with van der Waals surface area (Å²) in [4.78, 5) is 0. The van der Waals surface area contributed by atoms with Crippen LogP contribution in [0, 0.1) is 16.7 Å². The molecule has 0 bridgehead atoms. The number of nitriles is 1. The predicted octanol–water partition coefficient (Wildman–Crippen LogP) is 4.29. The zero-order chi connectivity index (χ0) is 12.7. The largest absolute Gasteiger partial charge is 0.494 e. The molecule has 1 aromatic rings. The molecule has 3 heteroatoms. The number of hydrogen-bond donors (Lipinski definition) is 0. The van der Waals surface area contributed by atoms with Crippen LogP contribution in [0.1, 0.15) is 32.3 Å². The third-order valence-electron chi connectivity index (χ3n) is 2.60. The maximum Gasteiger partial charge on any atom is 0.119 e. The van der Waals surface area contributed by atoms with Crippen LogP contribution in [0.3, 0.4) is 0 Å². The van der Waals surface area contributed by atoms with Gasteiger partial charge in [0.05, 0.1) is 18.1 Å². The molecule has 0 saturated carbocycles. The first-order chi connectivity index (χ1) is 8.07. The molecule has 0 radical (unpaired) electrons. The van der Waals surface area contributed by atoms with E-state index in [2.05, 4.69) is 22.0 Å². The molecule has 17 heavy (non-hydrogen) atoms. The topological polar surface area (TPSA) is 33.0 Å². The van der Waals surface area contributed by atoms with Crippen LogP contribution in [-0.2, 0) is 5.33 Å². The molecule has 92 valence electrons. The highest BCUT2D eigenvalue weighted by molar-refractivity contribution is 9.08. The normalized spacial score (nSPS) is 10.9. The fourth-order valence-electron chi connectivity index (χ4n) is 1.43. The van der Waals surface area contributed by atoms with Gasteiger partial charge in [-0.1, -0.05) is 28.1 Å². The number of rotatable bonds is 6. The molecule has 0 fully saturated rings. The summed E-state index contributed by atoms with van der Waals surface area (Å²) in [5, 5.41) is 9.74. The van der Waals surface area contributed by atoms with Crippen molar-refractivity contribution in [2.24, 2.45) is 5.41 Å². The molecule has 0 saturated heterocycles. The third kappa shape index (κ3) is 5.23. The first-order valence-corrected chi connectivity index (χ1v) is 6.88. The summed E-state index contributed by atoms with van der Waals surface area (Å²) in [6.07, 6.45) is 1.77. The highest BCUT2D eigenvalue weighted by Gasteiger charge is 2.15. The van der Waals surface area contributed by atoms with Gasteiger partial charge in [-0.05, 0) is 44.4 Å². The van der Waals surface area contributed by atoms with Crippen molar-refractivity contribution < 1.29 is 4.74 Å². The highest BCUT2D eigenvalue weighted by Crippen LogP contribution is 2.21. The SMILES string of the molecule is CC(C)(C#N)CCCOc1ccc(CBr)cc1. The molecule has 0 unspecified atom stereocenters. The van der Waals surface area contributed by atoms with E-state index in [1.807, 2.05) is 38.1 Å². The summed E-state index contributed by atoms with van der Waals surface area (Å²) >= 11 is 3.40. The Morgan fingerprint density at radius 1 is 1.29 bits per heavy atom. The molecular formula is C14H18BrNO. The van der Waals surface area contributed by atoms with Crippen LogP contribution in [0.4, 0.5) is 0 Å². The number of halogens is 1. The van der Waals surface area contributed by atoms with Crippen molar-refractivity contribution in [3.8, 4) is 11.8 Å². The molecule has 1 rings (SSSR count). The molecule has 0 spiro atoms. The molecule has 1 aromatic carbocycles. The van der Waals surface area contributed by atoms with E-state index in [4.69, 9.17) is 10.00 Å². The van der Waals surface area contributed by atoms with Gasteiger partial charge in [-0.3, -0.25) is 0 Å². The summed E-state index contributed by atoms with van der Waals surface area (Å²) in [5.41, 5.74) is 0.992. The van der Waals surface area contributed by atoms with Gasteiger partial charge in [0.2, 0.25) is 0 Å². The van der Waals surface area contributed by atoms with Gasteiger partial charge in [0, 0.05) is 5.33 Å². The van der Waals surface area contributed by atoms with Crippen molar-refractivity contribution in [2.45, 2.75) is 32.0 Å². The smallest absolute Gasteiger partial charge is 0.119 e. The lowest BCUT2D eigenvalue weighted by Gasteiger charge is -2.14. The van der Waals surface area contributed by atoms with Gasteiger partial charge in [-0.25, -0.2) is 0 Å². The zero-order valence-corrected chi connectivity index (χ0v) is 12.0. The van der Waals surface area contributed by atoms with E-state index in [1.165, 1.54) is 5.56 Å². The van der Waals surface area contributed by atoms with E-state index in [1.54, 1.807) is 0 Å². The monoisotopic (exact) mass is 295 g/mol. The summed E-state index contributed by atoms with van der Waals surface area (Å²) in [6.45, 7) is 4.58. The predicted molar refractivity (Wildman–Crippen MR) is 73.2 cm³/mol. The molecule has 0 aliphatic heterocycles. The minimum Gasteiger partial charge on any atom is -0.494 e. The number of nitrogens with zero attached hydrogens (tertiary/aromatic N) is 1. The Labute approximate surface area is 112 Å². The van der Waals surface area contributed by atoms with Gasteiger partial charge in [-0.15, -0.1) is 0 Å². The highest BCUT2D eigenvalue weighted by atomic mass is 79.9. The first-order valence-electron chi connectivity index (χ1n) is 5.76. The second-order valence-corrected chi connectivity index (χ2v) is 5.29. The van der Waals surface area contributed by atoms with Crippen molar-refractivity contribution in [1.29, 1.82) is 5.26 Å². The molecule has 2 nitrogen and oxygen atoms in total. The van der Waals surface area contributed by atoms with Crippen LogP contribution in [0.5, 0.6) is 5.75 Å². The number of benzene rings is 1. The molecular weight excluding hydrogens is 278 g/mol. The standard InChI is InChI=1S/C14H18BrNO/c1-14(2,11-16)8-3-9-17-13-6-4-12(10-15)5-7-13/h4-7H,3,8-10H2,1-2H3. The van der Waals surface area contributed by atoms with E-state index in [-0.39, 0.29) is 5.41 Å². The fraction of sp³-hybridized carbons (Fsp3) is 0.500. The van der Waals surface area contributed by atoms with Crippen LogP contribution >= 0.6 is 15.9 Å². The van der Waals surface area contributed by atoms with Gasteiger partial charge in [0.25, 0.3) is 0 Å². The van der Waals surface area contributed by atoms with Crippen molar-refractivity contribution in [2.75, 3.05) is 6.61 Å². The van der Waals surface area contributed by atoms with Gasteiger partial charge < -0.3 is 4.74 Å². The second-order valence-electron chi connectivity index (χ2n) is 4.73. The summed E-state index contributed by atoms with van der Waals surface area (Å²) < 4.78 is 5.62. The van der Waals surface area contributed by atoms with Crippen LogP contribution in [0.15, 0.2) is 24.3 Å². The van der Waals surface area contributed by atoms with E-state index in [9.17, 15) is 0 Å². The summed E-state index contributed by atoms with van der Waals surface area (Å²) in [7, 11) is 0. The Morgan fingerprint density at radius 2 is 1.94 bits per heavy atom. The minimum absolute atomic E-state index is 0.247. The maximum atomic E-state index is 8.87. The van der Waals surface area contributed by atoms with Crippen molar-refractivity contribution in [1.82, 2.24) is 0 Å². The Bertz CT molecular complexity index is 378. The van der Waals surface area contributed by atoms with Gasteiger partial charge >= 0.3 is 0 Å². The average molecular weight is 296 g/mol. The Balaban J connectivity index is 2.29. The molecule has 0 aliphatic carbocycles. The molecule has 0 amide bonds. The average Bonchev–Trinajstić information content (AvgIpc) is 2.35. The summed E-state index contributed by atoms with van der Waals surface area (Å²) in [5.74, 6) is 0.893. The maximum absolute atomic E-state index is 8.87. The first kappa shape index (κ1) is 14.1. The summed E-state index contributed by atoms with van der Waals surface area (Å²) in [6, 6.07) is 10.3. The van der Waals surface area contributed by atoms with Crippen molar-refractivity contribution in [3.63, 3.8) is 0 Å². The van der Waals surface area contributed by atoms with E-state index >= 15 is 0 Å². The van der Waals surface area contributed by atoms with E-state index in [0.717, 1.165) is 23.9 Å². The van der Waals surface area contributed by atoms with Crippen LogP contribution in [-0.4, -0.2) is 6.61 Å². The molecule has 0 N–H and O–H groups in total. The van der Waals surface area contributed by atoms with Gasteiger partial charge in [0.1, 0.15) is 5.75 Å². The molecule has 0 aliphatic rings. The molecule has 0 atom stereocenters. The molecule has 0 aromatic heterocycles. The van der Waals surface area contributed by atoms with Crippen molar-refractivity contribution >= 4 is 15.9 Å². The quantitative estimate of drug-likeness (QED) is 0.579. The lowest BCUT2D eigenvalue weighted by Crippen LogP contribution is -2.10. The van der Waals surface area contributed by atoms with E-state index in [0.29, 0.717) is 6.61 Å². The lowest BCUT2D eigenvalue weighted by molar-refractivity contribution is 0.284. The fourth-order valence-corrected chi connectivity index (χ4v) is 1.81. The van der Waals surface area contributed by atoms with Crippen LogP contribution in [0.25, 0.3) is 0 Å². The Morgan fingerprint density at radius 3 is 2.47 bits per heavy atom. The Hall–Kier alpha value is -1.01. The third-order valence-corrected chi connectivity index (χ3v) is 3.24. The van der Waals surface area contributed by atoms with Crippen molar-refractivity contribution in [3.05, 3.63) is 29.8 Å².